The van der Waals surface area contributed by atoms with Crippen molar-refractivity contribution in [2.24, 2.45) is 16.7 Å². The van der Waals surface area contributed by atoms with Crippen molar-refractivity contribution < 1.29 is 37.8 Å². The van der Waals surface area contributed by atoms with Crippen LogP contribution >= 0.6 is 0 Å². The zero-order chi connectivity index (χ0) is 53.9. The van der Waals surface area contributed by atoms with Crippen molar-refractivity contribution >= 4 is 40.6 Å². The first-order valence-electron chi connectivity index (χ1n) is 26.8. The van der Waals surface area contributed by atoms with Crippen molar-refractivity contribution in [3.63, 3.8) is 0 Å². The third-order valence-electron chi connectivity index (χ3n) is 15.9. The number of nitrogens with zero attached hydrogens (tertiary/aromatic N) is 7. The molecule has 2 aromatic heterocycles. The summed E-state index contributed by atoms with van der Waals surface area (Å²) in [5.41, 5.74) is 9.05. The fourth-order valence-corrected chi connectivity index (χ4v) is 11.7. The summed E-state index contributed by atoms with van der Waals surface area (Å²) >= 11 is 0. The highest BCUT2D eigenvalue weighted by atomic mass is 19.1. The van der Waals surface area contributed by atoms with Crippen LogP contribution in [0.25, 0.3) is 33.3 Å². The van der Waals surface area contributed by atoms with E-state index in [4.69, 9.17) is 14.5 Å². The Morgan fingerprint density at radius 3 is 2.41 bits per heavy atom. The van der Waals surface area contributed by atoms with Gasteiger partial charge in [0.25, 0.3) is 5.91 Å². The number of aromatic nitrogens is 2. The first kappa shape index (κ1) is 55.1. The van der Waals surface area contributed by atoms with Crippen molar-refractivity contribution in [2.45, 2.75) is 117 Å². The predicted octanol–water partition coefficient (Wildman–Crippen LogP) is 7.39. The van der Waals surface area contributed by atoms with Gasteiger partial charge >= 0.3 is 12.0 Å². The second kappa shape index (κ2) is 23.0. The van der Waals surface area contributed by atoms with Crippen LogP contribution in [0.4, 0.5) is 9.18 Å². The fourth-order valence-electron chi connectivity index (χ4n) is 11.7. The number of rotatable bonds is 11. The first-order chi connectivity index (χ1) is 35.7. The van der Waals surface area contributed by atoms with Crippen LogP contribution in [-0.2, 0) is 48.0 Å². The van der Waals surface area contributed by atoms with Crippen LogP contribution in [0.15, 0.2) is 66.9 Å². The minimum Gasteiger partial charge on any atom is -0.464 e. The summed E-state index contributed by atoms with van der Waals surface area (Å²) < 4.78 is 30.4. The van der Waals surface area contributed by atoms with Crippen LogP contribution in [0.5, 0.6) is 0 Å². The molecule has 1 spiro atoms. The molecule has 6 bridgehead atoms. The minimum atomic E-state index is -1.21. The van der Waals surface area contributed by atoms with E-state index in [1.807, 2.05) is 68.9 Å². The van der Waals surface area contributed by atoms with Gasteiger partial charge in [0.2, 0.25) is 11.8 Å². The van der Waals surface area contributed by atoms with Crippen LogP contribution < -0.4 is 10.7 Å². The number of methoxy groups -OCH3 is 1. The molecule has 3 fully saturated rings. The smallest absolute Gasteiger partial charge is 0.324 e. The lowest BCUT2D eigenvalue weighted by molar-refractivity contribution is -0.155. The molecule has 5 amide bonds. The number of carbonyl (C=O) groups is 5. The number of likely N-dealkylation sites (tertiary alicyclic amines) is 2. The first-order valence-corrected chi connectivity index (χ1v) is 26.8. The number of cyclic esters (lactones) is 1. The third-order valence-corrected chi connectivity index (χ3v) is 15.9. The average Bonchev–Trinajstić information content (AvgIpc) is 3.94. The van der Waals surface area contributed by atoms with Crippen LogP contribution in [0, 0.1) is 22.6 Å². The second-order valence-electron chi connectivity index (χ2n) is 22.7. The molecule has 2 aromatic carbocycles. The number of nitrogens with one attached hydrogen (secondary N) is 2. The molecule has 8 rings (SSSR count). The summed E-state index contributed by atoms with van der Waals surface area (Å²) in [5.74, 6) is -2.37. The molecule has 4 aromatic rings. The fraction of sp³-hybridized carbons (Fsp3) is 0.552. The standard InChI is InChI=1S/C58H78FN9O7/c1-11-67-48-19-18-40-33-44(48)45(52(67)43-15-12-23-60-50(43)38(4)74-10)34-57(5,6)36-75-55(72)46-16-13-25-68(62-46)54(71)47(31-39-29-41(40)32-42(59)30-39)61-53(70)51(37(2)3)64(9)56(73)65-26-20-58(21-27-65)22-28-66(35-58)49(69)17-14-24-63(7)8/h12,14-15,17-19,23,29-30,32-33,37-38,46-47,51,62H,11,13,16,20-22,24-28,31,34-36H2,1-10H3,(H,61,70)/b17-14+/t38-,46-,47-,51-/m0/s1. The Hall–Kier alpha value is -6.17. The zero-order valence-electron chi connectivity index (χ0n) is 45.7. The highest BCUT2D eigenvalue weighted by Crippen LogP contribution is 2.43. The van der Waals surface area contributed by atoms with Crippen LogP contribution in [0.3, 0.4) is 0 Å². The van der Waals surface area contributed by atoms with Crippen molar-refractivity contribution in [1.82, 2.24) is 44.9 Å². The van der Waals surface area contributed by atoms with Crippen LogP contribution in [0.2, 0.25) is 0 Å². The number of likely N-dealkylation sites (N-methyl/N-ethyl adjacent to an activating group) is 2. The number of halogens is 1. The summed E-state index contributed by atoms with van der Waals surface area (Å²) in [4.78, 5) is 82.9. The number of aryl methyl sites for hydroxylation is 1. The minimum absolute atomic E-state index is 0.00690. The van der Waals surface area contributed by atoms with Crippen molar-refractivity contribution in [3.8, 4) is 22.4 Å². The average molecular weight is 1030 g/mol. The van der Waals surface area contributed by atoms with E-state index in [0.29, 0.717) is 69.7 Å². The van der Waals surface area contributed by atoms with E-state index < -0.39 is 47.1 Å². The molecule has 16 nitrogen and oxygen atoms in total. The van der Waals surface area contributed by atoms with Gasteiger partial charge in [-0.15, -0.1) is 0 Å². The largest absolute Gasteiger partial charge is 0.464 e. The molecule has 0 radical (unpaired) electrons. The molecule has 0 unspecified atom stereocenters. The molecule has 2 N–H and O–H groups in total. The van der Waals surface area contributed by atoms with Gasteiger partial charge in [-0.25, -0.2) is 14.6 Å². The summed E-state index contributed by atoms with van der Waals surface area (Å²) in [5, 5.41) is 5.36. The van der Waals surface area contributed by atoms with E-state index in [2.05, 4.69) is 54.3 Å². The number of urea groups is 1. The number of piperidine rings is 1. The topological polar surface area (TPSA) is 162 Å². The molecule has 404 valence electrons. The second-order valence-corrected chi connectivity index (χ2v) is 22.7. The molecule has 6 heterocycles. The molecule has 4 aliphatic heterocycles. The Morgan fingerprint density at radius 1 is 0.987 bits per heavy atom. The maximum absolute atomic E-state index is 16.1. The maximum atomic E-state index is 16.1. The number of carbonyl (C=O) groups excluding carboxylic acids is 5. The van der Waals surface area contributed by atoms with Crippen molar-refractivity contribution in [2.75, 3.05) is 74.1 Å². The lowest BCUT2D eigenvalue weighted by Gasteiger charge is -2.42. The maximum Gasteiger partial charge on any atom is 0.324 e. The number of benzene rings is 2. The Morgan fingerprint density at radius 2 is 1.72 bits per heavy atom. The zero-order valence-corrected chi connectivity index (χ0v) is 45.7. The number of pyridine rings is 1. The Labute approximate surface area is 441 Å². The lowest BCUT2D eigenvalue weighted by Crippen LogP contribution is -2.62. The van der Waals surface area contributed by atoms with E-state index in [-0.39, 0.29) is 48.9 Å². The normalized spacial score (nSPS) is 20.9. The molecule has 75 heavy (non-hydrogen) atoms. The van der Waals surface area contributed by atoms with E-state index in [0.717, 1.165) is 58.2 Å². The van der Waals surface area contributed by atoms with Gasteiger partial charge < -0.3 is 39.0 Å². The SMILES string of the molecule is CCn1c(-c2cccnc2[C@H](C)OC)c2c3cc(ccc31)-c1cc(F)cc(c1)C[C@H](NC(=O)[C@H](C(C)C)N(C)C(=O)N1CCC3(CCN(C(=O)/C=C/CN(C)C)C3)CC1)C(=O)N1CCC[C@H](N1)C(=O)OCC(C)(C)C2. The quantitative estimate of drug-likeness (QED) is 0.115. The predicted molar refractivity (Wildman–Crippen MR) is 288 cm³/mol. The van der Waals surface area contributed by atoms with Gasteiger partial charge in [-0.1, -0.05) is 45.9 Å². The Bertz CT molecular complexity index is 2800. The van der Waals surface area contributed by atoms with E-state index in [1.54, 1.807) is 31.3 Å². The van der Waals surface area contributed by atoms with Gasteiger partial charge in [-0.3, -0.25) is 29.2 Å². The van der Waals surface area contributed by atoms with Gasteiger partial charge in [0, 0.05) is 101 Å². The summed E-state index contributed by atoms with van der Waals surface area (Å²) in [6, 6.07) is 11.5. The molecular formula is C58H78FN9O7. The molecule has 3 saturated heterocycles. The highest BCUT2D eigenvalue weighted by Gasteiger charge is 2.44. The van der Waals surface area contributed by atoms with Crippen LogP contribution in [-0.4, -0.2) is 156 Å². The lowest BCUT2D eigenvalue weighted by atomic mass is 9.78. The molecule has 0 saturated carbocycles. The molecular weight excluding hydrogens is 954 g/mol. The van der Waals surface area contributed by atoms with Crippen molar-refractivity contribution in [3.05, 3.63) is 89.5 Å². The molecule has 4 aliphatic rings. The van der Waals surface area contributed by atoms with Gasteiger partial charge in [-0.2, -0.15) is 0 Å². The van der Waals surface area contributed by atoms with Gasteiger partial charge in [0.1, 0.15) is 23.9 Å². The van der Waals surface area contributed by atoms with Gasteiger partial charge in [0.05, 0.1) is 24.1 Å². The number of hydrazine groups is 1. The summed E-state index contributed by atoms with van der Waals surface area (Å²) in [6.07, 6.45) is 8.70. The summed E-state index contributed by atoms with van der Waals surface area (Å²) in [7, 11) is 7.20. The van der Waals surface area contributed by atoms with Crippen molar-refractivity contribution in [1.29, 1.82) is 0 Å². The molecule has 0 aliphatic carbocycles. The highest BCUT2D eigenvalue weighted by molar-refractivity contribution is 5.96. The number of amides is 5. The molecule has 17 heteroatoms. The number of ether oxygens (including phenoxy) is 2. The Balaban J connectivity index is 1.10. The number of hydrogen-bond donors (Lipinski definition) is 2. The number of esters is 1. The summed E-state index contributed by atoms with van der Waals surface area (Å²) in [6.45, 7) is 15.9. The van der Waals surface area contributed by atoms with E-state index >= 15 is 4.39 Å². The van der Waals surface area contributed by atoms with Gasteiger partial charge in [0.15, 0.2) is 0 Å². The third kappa shape index (κ3) is 12.1. The monoisotopic (exact) mass is 1030 g/mol. The van der Waals surface area contributed by atoms with Gasteiger partial charge in [-0.05, 0) is 136 Å². The van der Waals surface area contributed by atoms with E-state index in [1.165, 1.54) is 22.0 Å². The number of fused-ring (bicyclic) bond motifs is 6. The van der Waals surface area contributed by atoms with Crippen LogP contribution in [0.1, 0.15) is 96.6 Å². The number of hydrogen-bond acceptors (Lipinski definition) is 10. The Kier molecular flexibility index (Phi) is 16.9. The van der Waals surface area contributed by atoms with E-state index in [9.17, 15) is 24.0 Å². The molecule has 4 atom stereocenters.